The van der Waals surface area contributed by atoms with E-state index in [9.17, 15) is 9.18 Å². The largest absolute Gasteiger partial charge is 0.457 e. The zero-order valence-corrected chi connectivity index (χ0v) is 13.2. The summed E-state index contributed by atoms with van der Waals surface area (Å²) >= 11 is 0. The molecule has 1 heterocycles. The average molecular weight is 324 g/mol. The summed E-state index contributed by atoms with van der Waals surface area (Å²) in [4.78, 5) is 14.8. The molecule has 122 valence electrons. The van der Waals surface area contributed by atoms with Gasteiger partial charge in [-0.2, -0.15) is 0 Å². The molecular formula is C19H17FN2O2. The fourth-order valence-electron chi connectivity index (χ4n) is 2.31. The lowest BCUT2D eigenvalue weighted by Crippen LogP contribution is -2.23. The molecule has 3 aromatic rings. The SMILES string of the molecule is Cc1cc(CNC(=O)c2ccc[nH]2)ccc1Oc1ccc(F)cc1. The van der Waals surface area contributed by atoms with Crippen molar-refractivity contribution in [3.05, 3.63) is 83.4 Å². The second kappa shape index (κ2) is 7.00. The van der Waals surface area contributed by atoms with Gasteiger partial charge in [-0.25, -0.2) is 4.39 Å². The van der Waals surface area contributed by atoms with E-state index in [1.807, 2.05) is 25.1 Å². The third-order valence-corrected chi connectivity index (χ3v) is 3.58. The van der Waals surface area contributed by atoms with Crippen LogP contribution >= 0.6 is 0 Å². The van der Waals surface area contributed by atoms with Gasteiger partial charge in [0.05, 0.1) is 0 Å². The molecule has 2 aromatic carbocycles. The van der Waals surface area contributed by atoms with Crippen LogP contribution in [0.1, 0.15) is 21.6 Å². The van der Waals surface area contributed by atoms with E-state index in [2.05, 4.69) is 10.3 Å². The van der Waals surface area contributed by atoms with Gasteiger partial charge in [0, 0.05) is 12.7 Å². The van der Waals surface area contributed by atoms with E-state index >= 15 is 0 Å². The molecule has 1 amide bonds. The van der Waals surface area contributed by atoms with Crippen LogP contribution in [0.5, 0.6) is 11.5 Å². The van der Waals surface area contributed by atoms with Crippen LogP contribution in [-0.4, -0.2) is 10.9 Å². The number of hydrogen-bond acceptors (Lipinski definition) is 2. The van der Waals surface area contributed by atoms with Gasteiger partial charge >= 0.3 is 0 Å². The van der Waals surface area contributed by atoms with Gasteiger partial charge < -0.3 is 15.0 Å². The molecule has 3 rings (SSSR count). The fourth-order valence-corrected chi connectivity index (χ4v) is 2.31. The number of hydrogen-bond donors (Lipinski definition) is 2. The van der Waals surface area contributed by atoms with E-state index in [0.29, 0.717) is 23.7 Å². The summed E-state index contributed by atoms with van der Waals surface area (Å²) in [6, 6.07) is 15.1. The van der Waals surface area contributed by atoms with Crippen LogP contribution in [0.2, 0.25) is 0 Å². The number of halogens is 1. The van der Waals surface area contributed by atoms with Crippen LogP contribution in [0.15, 0.2) is 60.8 Å². The summed E-state index contributed by atoms with van der Waals surface area (Å²) in [7, 11) is 0. The van der Waals surface area contributed by atoms with Crippen molar-refractivity contribution in [2.24, 2.45) is 0 Å². The number of rotatable bonds is 5. The van der Waals surface area contributed by atoms with Gasteiger partial charge in [-0.3, -0.25) is 4.79 Å². The summed E-state index contributed by atoms with van der Waals surface area (Å²) in [6.45, 7) is 2.35. The Morgan fingerprint density at radius 1 is 1.17 bits per heavy atom. The number of aryl methyl sites for hydroxylation is 1. The summed E-state index contributed by atoms with van der Waals surface area (Å²) in [5.41, 5.74) is 2.44. The van der Waals surface area contributed by atoms with Crippen LogP contribution in [0.4, 0.5) is 4.39 Å². The molecule has 0 aliphatic carbocycles. The van der Waals surface area contributed by atoms with Gasteiger partial charge in [0.2, 0.25) is 0 Å². The van der Waals surface area contributed by atoms with E-state index in [-0.39, 0.29) is 11.7 Å². The minimum atomic E-state index is -0.299. The van der Waals surface area contributed by atoms with Crippen molar-refractivity contribution in [1.29, 1.82) is 0 Å². The maximum Gasteiger partial charge on any atom is 0.267 e. The van der Waals surface area contributed by atoms with E-state index in [4.69, 9.17) is 4.74 Å². The van der Waals surface area contributed by atoms with Gasteiger partial charge in [0.25, 0.3) is 5.91 Å². The monoisotopic (exact) mass is 324 g/mol. The first-order chi connectivity index (χ1) is 11.6. The van der Waals surface area contributed by atoms with Crippen molar-refractivity contribution in [1.82, 2.24) is 10.3 Å². The second-order valence-electron chi connectivity index (χ2n) is 5.42. The maximum atomic E-state index is 12.9. The summed E-state index contributed by atoms with van der Waals surface area (Å²) in [5.74, 6) is 0.824. The third kappa shape index (κ3) is 3.81. The highest BCUT2D eigenvalue weighted by molar-refractivity contribution is 5.92. The van der Waals surface area contributed by atoms with Crippen molar-refractivity contribution in [3.63, 3.8) is 0 Å². The van der Waals surface area contributed by atoms with E-state index in [1.165, 1.54) is 12.1 Å². The Labute approximate surface area is 139 Å². The Morgan fingerprint density at radius 2 is 1.96 bits per heavy atom. The second-order valence-corrected chi connectivity index (χ2v) is 5.42. The van der Waals surface area contributed by atoms with Crippen molar-refractivity contribution in [2.75, 3.05) is 0 Å². The molecule has 0 atom stereocenters. The van der Waals surface area contributed by atoms with Crippen LogP contribution in [0.3, 0.4) is 0 Å². The number of aromatic amines is 1. The maximum absolute atomic E-state index is 12.9. The van der Waals surface area contributed by atoms with Crippen LogP contribution in [0, 0.1) is 12.7 Å². The molecule has 1 aromatic heterocycles. The number of carbonyl (C=O) groups excluding carboxylic acids is 1. The molecular weight excluding hydrogens is 307 g/mol. The molecule has 0 unspecified atom stereocenters. The van der Waals surface area contributed by atoms with Gasteiger partial charge in [-0.15, -0.1) is 0 Å². The van der Waals surface area contributed by atoms with Gasteiger partial charge in [0.15, 0.2) is 0 Å². The summed E-state index contributed by atoms with van der Waals surface area (Å²) < 4.78 is 18.7. The minimum absolute atomic E-state index is 0.149. The number of benzene rings is 2. The summed E-state index contributed by atoms with van der Waals surface area (Å²) in [5, 5.41) is 2.85. The third-order valence-electron chi connectivity index (χ3n) is 3.58. The Hall–Kier alpha value is -3.08. The van der Waals surface area contributed by atoms with Crippen LogP contribution < -0.4 is 10.1 Å². The molecule has 24 heavy (non-hydrogen) atoms. The highest BCUT2D eigenvalue weighted by atomic mass is 19.1. The summed E-state index contributed by atoms with van der Waals surface area (Å²) in [6.07, 6.45) is 1.71. The van der Waals surface area contributed by atoms with Crippen LogP contribution in [-0.2, 0) is 6.54 Å². The zero-order valence-electron chi connectivity index (χ0n) is 13.2. The molecule has 5 heteroatoms. The number of aromatic nitrogens is 1. The minimum Gasteiger partial charge on any atom is -0.457 e. The quantitative estimate of drug-likeness (QED) is 0.739. The molecule has 0 radical (unpaired) electrons. The predicted octanol–water partition coefficient (Wildman–Crippen LogP) is 4.18. The van der Waals surface area contributed by atoms with Gasteiger partial charge in [-0.05, 0) is 60.5 Å². The van der Waals surface area contributed by atoms with Gasteiger partial charge in [0.1, 0.15) is 23.0 Å². The molecule has 2 N–H and O–H groups in total. The van der Waals surface area contributed by atoms with E-state index in [1.54, 1.807) is 30.5 Å². The highest BCUT2D eigenvalue weighted by Crippen LogP contribution is 2.25. The number of amides is 1. The number of nitrogens with one attached hydrogen (secondary N) is 2. The van der Waals surface area contributed by atoms with Crippen molar-refractivity contribution in [2.45, 2.75) is 13.5 Å². The van der Waals surface area contributed by atoms with Crippen molar-refractivity contribution >= 4 is 5.91 Å². The normalized spacial score (nSPS) is 10.4. The Kier molecular flexibility index (Phi) is 4.61. The highest BCUT2D eigenvalue weighted by Gasteiger charge is 2.07. The van der Waals surface area contributed by atoms with E-state index in [0.717, 1.165) is 11.1 Å². The lowest BCUT2D eigenvalue weighted by atomic mass is 10.1. The standard InChI is InChI=1S/C19H17FN2O2/c1-13-11-14(12-22-19(23)17-3-2-10-21-17)4-9-18(13)24-16-7-5-15(20)6-8-16/h2-11,21H,12H2,1H3,(H,22,23). The number of H-pyrrole nitrogens is 1. The molecule has 0 aliphatic rings. The lowest BCUT2D eigenvalue weighted by molar-refractivity contribution is 0.0946. The Balaban J connectivity index is 1.64. The fraction of sp³-hybridized carbons (Fsp3) is 0.105. The molecule has 0 saturated carbocycles. The molecule has 0 spiro atoms. The Bertz CT molecular complexity index is 827. The average Bonchev–Trinajstić information content (AvgIpc) is 3.11. The topological polar surface area (TPSA) is 54.1 Å². The van der Waals surface area contributed by atoms with E-state index < -0.39 is 0 Å². The molecule has 4 nitrogen and oxygen atoms in total. The van der Waals surface area contributed by atoms with Crippen molar-refractivity contribution < 1.29 is 13.9 Å². The predicted molar refractivity (Wildman–Crippen MR) is 89.6 cm³/mol. The zero-order chi connectivity index (χ0) is 16.9. The smallest absolute Gasteiger partial charge is 0.267 e. The van der Waals surface area contributed by atoms with Crippen LogP contribution in [0.25, 0.3) is 0 Å². The first kappa shape index (κ1) is 15.8. The number of ether oxygens (including phenoxy) is 1. The molecule has 0 bridgehead atoms. The molecule has 0 saturated heterocycles. The molecule has 0 fully saturated rings. The first-order valence-corrected chi connectivity index (χ1v) is 7.56. The molecule has 0 aliphatic heterocycles. The lowest BCUT2D eigenvalue weighted by Gasteiger charge is -2.11. The first-order valence-electron chi connectivity index (χ1n) is 7.56. The van der Waals surface area contributed by atoms with Gasteiger partial charge in [-0.1, -0.05) is 12.1 Å². The van der Waals surface area contributed by atoms with Crippen molar-refractivity contribution in [3.8, 4) is 11.5 Å². The Morgan fingerprint density at radius 3 is 2.62 bits per heavy atom. The number of carbonyl (C=O) groups is 1.